The highest BCUT2D eigenvalue weighted by atomic mass is 35.5. The van der Waals surface area contributed by atoms with Crippen LogP contribution in [0.5, 0.6) is 0 Å². The molecule has 3 heterocycles. The summed E-state index contributed by atoms with van der Waals surface area (Å²) in [6.07, 6.45) is 8.17. The highest BCUT2D eigenvalue weighted by Gasteiger charge is 2.16. The molecule has 0 bridgehead atoms. The van der Waals surface area contributed by atoms with Crippen LogP contribution in [0.4, 0.5) is 10.3 Å². The van der Waals surface area contributed by atoms with Crippen LogP contribution in [0, 0.1) is 5.82 Å². The van der Waals surface area contributed by atoms with Gasteiger partial charge in [-0.1, -0.05) is 23.7 Å². The van der Waals surface area contributed by atoms with E-state index in [-0.39, 0.29) is 23.1 Å². The van der Waals surface area contributed by atoms with Gasteiger partial charge in [0.25, 0.3) is 0 Å². The smallest absolute Gasteiger partial charge is 0.354 e. The number of aryl methyl sites for hydroxylation is 1. The second-order valence-electron chi connectivity index (χ2n) is 11.5. The predicted molar refractivity (Wildman–Crippen MR) is 185 cm³/mol. The monoisotopic (exact) mass is 659 g/mol. The van der Waals surface area contributed by atoms with Gasteiger partial charge in [0.05, 0.1) is 16.4 Å². The van der Waals surface area contributed by atoms with Crippen molar-refractivity contribution in [3.8, 4) is 16.9 Å². The van der Waals surface area contributed by atoms with Crippen molar-refractivity contribution in [3.05, 3.63) is 99.6 Å². The number of benzene rings is 2. The molecular weight excluding hydrogens is 621 g/mol. The van der Waals surface area contributed by atoms with Gasteiger partial charge >= 0.3 is 5.69 Å². The van der Waals surface area contributed by atoms with Gasteiger partial charge < -0.3 is 32.8 Å². The number of anilines is 1. The van der Waals surface area contributed by atoms with E-state index in [4.69, 9.17) is 28.8 Å². The summed E-state index contributed by atoms with van der Waals surface area (Å²) in [4.78, 5) is 32.9. The van der Waals surface area contributed by atoms with Crippen LogP contribution in [0.1, 0.15) is 37.3 Å². The summed E-state index contributed by atoms with van der Waals surface area (Å²) in [6, 6.07) is 14.7. The Balaban J connectivity index is 1.29. The average molecular weight is 660 g/mol. The van der Waals surface area contributed by atoms with Crippen molar-refractivity contribution in [2.24, 2.45) is 22.2 Å². The second kappa shape index (κ2) is 15.6. The molecule has 2 atom stereocenters. The van der Waals surface area contributed by atoms with E-state index in [2.05, 4.69) is 35.6 Å². The van der Waals surface area contributed by atoms with Gasteiger partial charge in [-0.2, -0.15) is 4.98 Å². The maximum absolute atomic E-state index is 15.1. The van der Waals surface area contributed by atoms with E-state index in [1.54, 1.807) is 42.9 Å². The van der Waals surface area contributed by atoms with Crippen molar-refractivity contribution in [2.75, 3.05) is 18.4 Å². The number of H-pyrrole nitrogens is 1. The summed E-state index contributed by atoms with van der Waals surface area (Å²) < 4.78 is 16.6. The van der Waals surface area contributed by atoms with Crippen molar-refractivity contribution >= 4 is 34.5 Å². The molecule has 0 fully saturated rings. The van der Waals surface area contributed by atoms with Crippen LogP contribution in [-0.4, -0.2) is 55.6 Å². The Morgan fingerprint density at radius 2 is 1.87 bits per heavy atom. The molecule has 47 heavy (non-hydrogen) atoms. The zero-order chi connectivity index (χ0) is 33.3. The number of hydrogen-bond donors (Lipinski definition) is 6. The molecular formula is C33H39ClFN11O. The van der Waals surface area contributed by atoms with Crippen LogP contribution in [0.15, 0.2) is 76.9 Å². The standard InChI is InChI=1S/C33H39ClFN11O/c1-20(36)4-2-5-22-14-26(29(35)27(34)15-22)28-16-23-19-46(33(47)45-30(23)44-28)25-8-6-21(7-9-25)17-42-24(10-13-39-31(37)38)18-43-32-40-11-3-12-41-32/h3,6-9,11-12,14-16,19-20,24,42H,2,4-5,10,13,17-18,36H2,1H3,(H4,37,38,39)(H,40,41,43)(H,44,45,47)/t20-,24+/m0/s1. The Kier molecular flexibility index (Phi) is 11.1. The third kappa shape index (κ3) is 9.12. The first-order valence-corrected chi connectivity index (χ1v) is 15.8. The van der Waals surface area contributed by atoms with E-state index >= 15 is 4.39 Å². The third-order valence-electron chi connectivity index (χ3n) is 7.66. The van der Waals surface area contributed by atoms with Crippen LogP contribution >= 0.6 is 11.6 Å². The van der Waals surface area contributed by atoms with E-state index in [1.165, 1.54) is 4.57 Å². The Morgan fingerprint density at radius 1 is 1.11 bits per heavy atom. The maximum Gasteiger partial charge on any atom is 0.354 e. The zero-order valence-corrected chi connectivity index (χ0v) is 26.8. The summed E-state index contributed by atoms with van der Waals surface area (Å²) in [7, 11) is 0. The molecule has 0 aliphatic heterocycles. The third-order valence-corrected chi connectivity index (χ3v) is 7.94. The van der Waals surface area contributed by atoms with E-state index in [0.29, 0.717) is 60.0 Å². The normalized spacial score (nSPS) is 12.6. The van der Waals surface area contributed by atoms with Gasteiger partial charge in [0.15, 0.2) is 11.8 Å². The summed E-state index contributed by atoms with van der Waals surface area (Å²) in [5.41, 5.74) is 20.2. The van der Waals surface area contributed by atoms with Gasteiger partial charge in [0, 0.05) is 61.3 Å². The lowest BCUT2D eigenvalue weighted by Crippen LogP contribution is -2.36. The lowest BCUT2D eigenvalue weighted by molar-refractivity contribution is 0.502. The first kappa shape index (κ1) is 33.5. The Bertz CT molecular complexity index is 1870. The molecule has 2 aromatic carbocycles. The quantitative estimate of drug-likeness (QED) is 0.0715. The molecule has 0 saturated heterocycles. The van der Waals surface area contributed by atoms with Crippen LogP contribution in [0.3, 0.4) is 0 Å². The number of guanidine groups is 1. The summed E-state index contributed by atoms with van der Waals surface area (Å²) in [6.45, 7) is 3.56. The van der Waals surface area contributed by atoms with Gasteiger partial charge in [-0.15, -0.1) is 0 Å². The number of hydrogen-bond acceptors (Lipinski definition) is 8. The number of aromatic amines is 1. The summed E-state index contributed by atoms with van der Waals surface area (Å²) >= 11 is 6.26. The highest BCUT2D eigenvalue weighted by Crippen LogP contribution is 2.31. The van der Waals surface area contributed by atoms with Crippen molar-refractivity contribution in [3.63, 3.8) is 0 Å². The number of rotatable bonds is 15. The number of aromatic nitrogens is 5. The van der Waals surface area contributed by atoms with Gasteiger partial charge in [-0.05, 0) is 80.1 Å². The molecule has 0 unspecified atom stereocenters. The first-order chi connectivity index (χ1) is 22.7. The minimum Gasteiger partial charge on any atom is -0.370 e. The fraction of sp³-hybridized carbons (Fsp3) is 0.303. The Labute approximate surface area is 276 Å². The largest absolute Gasteiger partial charge is 0.370 e. The fourth-order valence-electron chi connectivity index (χ4n) is 5.21. The number of nitrogens with zero attached hydrogens (tertiary/aromatic N) is 5. The lowest BCUT2D eigenvalue weighted by Gasteiger charge is -2.19. The van der Waals surface area contributed by atoms with Gasteiger partial charge in [0.2, 0.25) is 5.95 Å². The van der Waals surface area contributed by atoms with Crippen molar-refractivity contribution < 1.29 is 4.39 Å². The molecule has 14 heteroatoms. The van der Waals surface area contributed by atoms with E-state index in [0.717, 1.165) is 30.4 Å². The number of fused-ring (bicyclic) bond motifs is 1. The van der Waals surface area contributed by atoms with Crippen molar-refractivity contribution in [2.45, 2.75) is 51.2 Å². The minimum absolute atomic E-state index is 0.0219. The molecule has 3 aromatic heterocycles. The molecule has 5 aromatic rings. The van der Waals surface area contributed by atoms with Crippen LogP contribution in [-0.2, 0) is 13.0 Å². The first-order valence-electron chi connectivity index (χ1n) is 15.4. The van der Waals surface area contributed by atoms with Crippen molar-refractivity contribution in [1.29, 1.82) is 0 Å². The average Bonchev–Trinajstić information content (AvgIpc) is 3.46. The molecule has 5 rings (SSSR count). The Morgan fingerprint density at radius 3 is 2.60 bits per heavy atom. The van der Waals surface area contributed by atoms with Crippen LogP contribution < -0.4 is 33.5 Å². The SMILES string of the molecule is C[C@H](N)CCCc1cc(Cl)c(F)c(-c2cc3cn(-c4ccc(CN[C@H](CCN=C(N)N)CNc5ncccn5)cc4)c(=O)nc3[nH]2)c1. The van der Waals surface area contributed by atoms with Crippen molar-refractivity contribution in [1.82, 2.24) is 29.8 Å². The molecule has 9 N–H and O–H groups in total. The number of nitrogens with two attached hydrogens (primary N) is 3. The molecule has 12 nitrogen and oxygen atoms in total. The second-order valence-corrected chi connectivity index (χ2v) is 11.9. The molecule has 0 aliphatic rings. The predicted octanol–water partition coefficient (Wildman–Crippen LogP) is 3.87. The summed E-state index contributed by atoms with van der Waals surface area (Å²) in [5, 5.41) is 7.45. The number of halogens is 2. The Hall–Kier alpha value is -4.85. The lowest BCUT2D eigenvalue weighted by atomic mass is 10.0. The molecule has 0 saturated carbocycles. The highest BCUT2D eigenvalue weighted by molar-refractivity contribution is 6.31. The topological polar surface area (TPSA) is 191 Å². The van der Waals surface area contributed by atoms with E-state index in [9.17, 15) is 4.79 Å². The number of aliphatic imine (C=N–C) groups is 1. The van der Waals surface area contributed by atoms with Gasteiger partial charge in [0.1, 0.15) is 5.65 Å². The van der Waals surface area contributed by atoms with E-state index in [1.807, 2.05) is 31.2 Å². The minimum atomic E-state index is -0.531. The summed E-state index contributed by atoms with van der Waals surface area (Å²) in [5.74, 6) is 0.0507. The van der Waals surface area contributed by atoms with Crippen LogP contribution in [0.25, 0.3) is 28.0 Å². The van der Waals surface area contributed by atoms with Gasteiger partial charge in [-0.3, -0.25) is 9.56 Å². The molecule has 0 radical (unpaired) electrons. The maximum atomic E-state index is 15.1. The fourth-order valence-corrected chi connectivity index (χ4v) is 5.45. The van der Waals surface area contributed by atoms with Gasteiger partial charge in [-0.25, -0.2) is 19.2 Å². The molecule has 0 spiro atoms. The zero-order valence-electron chi connectivity index (χ0n) is 26.1. The number of nitrogens with one attached hydrogen (secondary N) is 3. The molecule has 0 aliphatic carbocycles. The molecule has 246 valence electrons. The van der Waals surface area contributed by atoms with E-state index < -0.39 is 11.5 Å². The molecule has 0 amide bonds. The van der Waals surface area contributed by atoms with Crippen LogP contribution in [0.2, 0.25) is 5.02 Å².